The van der Waals surface area contributed by atoms with E-state index in [2.05, 4.69) is 12.6 Å². The lowest BCUT2D eigenvalue weighted by molar-refractivity contribution is 0.0525. The topological polar surface area (TPSA) is 50.1 Å². The largest absolute Gasteiger partial charge is 0.462 e. The van der Waals surface area contributed by atoms with Crippen LogP contribution in [-0.2, 0) is 11.2 Å². The van der Waals surface area contributed by atoms with Crippen molar-refractivity contribution in [3.05, 3.63) is 28.8 Å². The maximum Gasteiger partial charge on any atom is 0.339 e. The van der Waals surface area contributed by atoms with Crippen LogP contribution in [0.4, 0.5) is 0 Å². The Morgan fingerprint density at radius 3 is 2.69 bits per heavy atom. The SMILES string of the molecule is CCOC(=O)c1cc(S)c(CC)cc1C#N. The zero-order valence-electron chi connectivity index (χ0n) is 9.28. The highest BCUT2D eigenvalue weighted by Gasteiger charge is 2.14. The number of hydrogen-bond donors (Lipinski definition) is 1. The van der Waals surface area contributed by atoms with Gasteiger partial charge in [0.15, 0.2) is 0 Å². The molecule has 0 atom stereocenters. The Hall–Kier alpha value is -1.47. The van der Waals surface area contributed by atoms with Gasteiger partial charge < -0.3 is 4.74 Å². The van der Waals surface area contributed by atoms with Gasteiger partial charge >= 0.3 is 5.97 Å². The third-order valence-corrected chi connectivity index (χ3v) is 2.63. The number of benzene rings is 1. The second kappa shape index (κ2) is 5.57. The summed E-state index contributed by atoms with van der Waals surface area (Å²) in [7, 11) is 0. The van der Waals surface area contributed by atoms with Crippen molar-refractivity contribution < 1.29 is 9.53 Å². The van der Waals surface area contributed by atoms with Gasteiger partial charge in [0, 0.05) is 4.90 Å². The van der Waals surface area contributed by atoms with Crippen LogP contribution in [0.1, 0.15) is 35.3 Å². The van der Waals surface area contributed by atoms with E-state index in [0.717, 1.165) is 12.0 Å². The first-order chi connectivity index (χ1) is 7.63. The van der Waals surface area contributed by atoms with Crippen molar-refractivity contribution in [2.45, 2.75) is 25.2 Å². The van der Waals surface area contributed by atoms with E-state index in [9.17, 15) is 4.79 Å². The van der Waals surface area contributed by atoms with E-state index in [1.807, 2.05) is 13.0 Å². The molecule has 0 aromatic heterocycles. The van der Waals surface area contributed by atoms with Gasteiger partial charge in [0.1, 0.15) is 6.07 Å². The van der Waals surface area contributed by atoms with Crippen LogP contribution in [0.25, 0.3) is 0 Å². The summed E-state index contributed by atoms with van der Waals surface area (Å²) in [6.07, 6.45) is 0.774. The molecule has 3 nitrogen and oxygen atoms in total. The van der Waals surface area contributed by atoms with Gasteiger partial charge in [-0.2, -0.15) is 5.26 Å². The molecule has 0 aliphatic carbocycles. The average molecular weight is 235 g/mol. The minimum Gasteiger partial charge on any atom is -0.462 e. The van der Waals surface area contributed by atoms with Gasteiger partial charge in [-0.15, -0.1) is 12.6 Å². The van der Waals surface area contributed by atoms with Crippen molar-refractivity contribution in [1.29, 1.82) is 5.26 Å². The lowest BCUT2D eigenvalue weighted by Gasteiger charge is -2.08. The lowest BCUT2D eigenvalue weighted by atomic mass is 10.0. The number of esters is 1. The van der Waals surface area contributed by atoms with Crippen molar-refractivity contribution >= 4 is 18.6 Å². The van der Waals surface area contributed by atoms with Crippen LogP contribution in [0.5, 0.6) is 0 Å². The van der Waals surface area contributed by atoms with Gasteiger partial charge in [-0.25, -0.2) is 4.79 Å². The van der Waals surface area contributed by atoms with Crippen LogP contribution in [0.15, 0.2) is 17.0 Å². The monoisotopic (exact) mass is 235 g/mol. The van der Waals surface area contributed by atoms with Crippen molar-refractivity contribution in [3.8, 4) is 6.07 Å². The Labute approximate surface area is 100 Å². The Kier molecular flexibility index (Phi) is 4.39. The summed E-state index contributed by atoms with van der Waals surface area (Å²) < 4.78 is 4.87. The third kappa shape index (κ3) is 2.56. The molecule has 0 bridgehead atoms. The predicted octanol–water partition coefficient (Wildman–Crippen LogP) is 2.59. The maximum atomic E-state index is 11.6. The second-order valence-electron chi connectivity index (χ2n) is 3.21. The van der Waals surface area contributed by atoms with Crippen molar-refractivity contribution in [1.82, 2.24) is 0 Å². The van der Waals surface area contributed by atoms with E-state index < -0.39 is 5.97 Å². The Morgan fingerprint density at radius 1 is 1.50 bits per heavy atom. The quantitative estimate of drug-likeness (QED) is 0.647. The molecule has 4 heteroatoms. The summed E-state index contributed by atoms with van der Waals surface area (Å²) in [4.78, 5) is 12.3. The highest BCUT2D eigenvalue weighted by Crippen LogP contribution is 2.21. The molecular weight excluding hydrogens is 222 g/mol. The van der Waals surface area contributed by atoms with Gasteiger partial charge in [0.2, 0.25) is 0 Å². The molecule has 0 spiro atoms. The zero-order chi connectivity index (χ0) is 12.1. The fourth-order valence-electron chi connectivity index (χ4n) is 1.39. The summed E-state index contributed by atoms with van der Waals surface area (Å²) in [5.41, 5.74) is 1.58. The fourth-order valence-corrected chi connectivity index (χ4v) is 1.74. The Bertz CT molecular complexity index is 449. The number of thiol groups is 1. The van der Waals surface area contributed by atoms with Gasteiger partial charge in [0.25, 0.3) is 0 Å². The molecule has 0 amide bonds. The molecule has 0 unspecified atom stereocenters. The molecule has 0 N–H and O–H groups in total. The van der Waals surface area contributed by atoms with Crippen LogP contribution in [-0.4, -0.2) is 12.6 Å². The van der Waals surface area contributed by atoms with E-state index in [1.54, 1.807) is 19.1 Å². The Morgan fingerprint density at radius 2 is 2.19 bits per heavy atom. The first-order valence-electron chi connectivity index (χ1n) is 5.07. The molecule has 0 heterocycles. The predicted molar refractivity (Wildman–Crippen MR) is 63.7 cm³/mol. The van der Waals surface area contributed by atoms with E-state index in [4.69, 9.17) is 10.00 Å². The van der Waals surface area contributed by atoms with Crippen LogP contribution < -0.4 is 0 Å². The minimum atomic E-state index is -0.475. The second-order valence-corrected chi connectivity index (χ2v) is 3.69. The molecule has 0 fully saturated rings. The molecule has 0 saturated carbocycles. The van der Waals surface area contributed by atoms with E-state index in [0.29, 0.717) is 17.1 Å². The minimum absolute atomic E-state index is 0.284. The number of carbonyl (C=O) groups is 1. The molecular formula is C12H13NO2S. The first kappa shape index (κ1) is 12.6. The number of nitrogens with zero attached hydrogens (tertiary/aromatic N) is 1. The number of rotatable bonds is 3. The lowest BCUT2D eigenvalue weighted by Crippen LogP contribution is -2.07. The molecule has 16 heavy (non-hydrogen) atoms. The highest BCUT2D eigenvalue weighted by molar-refractivity contribution is 7.80. The summed E-state index contributed by atoms with van der Waals surface area (Å²) >= 11 is 4.28. The summed E-state index contributed by atoms with van der Waals surface area (Å²) in [5, 5.41) is 8.96. The van der Waals surface area contributed by atoms with Crippen LogP contribution in [0, 0.1) is 11.3 Å². The first-order valence-corrected chi connectivity index (χ1v) is 5.51. The van der Waals surface area contributed by atoms with E-state index >= 15 is 0 Å². The highest BCUT2D eigenvalue weighted by atomic mass is 32.1. The smallest absolute Gasteiger partial charge is 0.339 e. The summed E-state index contributed by atoms with van der Waals surface area (Å²) in [5.74, 6) is -0.475. The van der Waals surface area contributed by atoms with Gasteiger partial charge in [-0.1, -0.05) is 6.92 Å². The normalized spacial score (nSPS) is 9.62. The van der Waals surface area contributed by atoms with Crippen molar-refractivity contribution in [2.24, 2.45) is 0 Å². The number of carbonyl (C=O) groups excluding carboxylic acids is 1. The Balaban J connectivity index is 3.24. The van der Waals surface area contributed by atoms with Crippen LogP contribution in [0.3, 0.4) is 0 Å². The van der Waals surface area contributed by atoms with Gasteiger partial charge in [0.05, 0.1) is 17.7 Å². The molecule has 1 rings (SSSR count). The summed E-state index contributed by atoms with van der Waals surface area (Å²) in [6, 6.07) is 5.29. The molecule has 1 aromatic rings. The van der Waals surface area contributed by atoms with E-state index in [-0.39, 0.29) is 5.56 Å². The maximum absolute atomic E-state index is 11.6. The zero-order valence-corrected chi connectivity index (χ0v) is 10.2. The molecule has 0 saturated heterocycles. The number of aryl methyl sites for hydroxylation is 1. The molecule has 0 aliphatic heterocycles. The van der Waals surface area contributed by atoms with E-state index in [1.165, 1.54) is 0 Å². The molecule has 0 aliphatic rings. The number of nitriles is 1. The average Bonchev–Trinajstić information content (AvgIpc) is 2.29. The number of ether oxygens (including phenoxy) is 1. The molecule has 84 valence electrons. The summed E-state index contributed by atoms with van der Waals surface area (Å²) in [6.45, 7) is 3.99. The standard InChI is InChI=1S/C12H13NO2S/c1-3-8-5-9(7-13)10(6-11(8)16)12(14)15-4-2/h5-6,16H,3-4H2,1-2H3. The molecule has 0 radical (unpaired) electrons. The van der Waals surface area contributed by atoms with Gasteiger partial charge in [-0.3, -0.25) is 0 Å². The fraction of sp³-hybridized carbons (Fsp3) is 0.333. The molecule has 1 aromatic carbocycles. The van der Waals surface area contributed by atoms with Gasteiger partial charge in [-0.05, 0) is 31.0 Å². The van der Waals surface area contributed by atoms with Crippen molar-refractivity contribution in [3.63, 3.8) is 0 Å². The third-order valence-electron chi connectivity index (χ3n) is 2.22. The van der Waals surface area contributed by atoms with Crippen LogP contribution in [0.2, 0.25) is 0 Å². The van der Waals surface area contributed by atoms with Crippen molar-refractivity contribution in [2.75, 3.05) is 6.61 Å². The number of hydrogen-bond acceptors (Lipinski definition) is 4. The van der Waals surface area contributed by atoms with Crippen LogP contribution >= 0.6 is 12.6 Å².